The summed E-state index contributed by atoms with van der Waals surface area (Å²) < 4.78 is 48.9. The fourth-order valence-corrected chi connectivity index (χ4v) is 6.37. The number of phosphoric acid groups is 2. The van der Waals surface area contributed by atoms with Gasteiger partial charge in [0.05, 0.1) is 12.7 Å². The van der Waals surface area contributed by atoms with E-state index in [9.17, 15) is 58.8 Å². The van der Waals surface area contributed by atoms with Crippen LogP contribution < -0.4 is 11.2 Å². The lowest BCUT2D eigenvalue weighted by Gasteiger charge is -2.40. The summed E-state index contributed by atoms with van der Waals surface area (Å²) >= 11 is 0.670. The first-order valence-electron chi connectivity index (χ1n) is 10.9. The molecule has 39 heavy (non-hydrogen) atoms. The summed E-state index contributed by atoms with van der Waals surface area (Å²) in [6.07, 6.45) is -15.1. The van der Waals surface area contributed by atoms with Crippen LogP contribution in [0.5, 0.6) is 0 Å². The summed E-state index contributed by atoms with van der Waals surface area (Å²) in [7, 11) is -11.1. The highest BCUT2D eigenvalue weighted by Crippen LogP contribution is 2.61. The topological polar surface area (TPSA) is 294 Å². The third-order valence-electron chi connectivity index (χ3n) is 5.43. The van der Waals surface area contributed by atoms with Crippen molar-refractivity contribution in [3.8, 4) is 0 Å². The molecule has 2 fully saturated rings. The Balaban J connectivity index is 1.61. The summed E-state index contributed by atoms with van der Waals surface area (Å²) in [5.41, 5.74) is -1.75. The first-order valence-corrected chi connectivity index (χ1v) is 14.8. The van der Waals surface area contributed by atoms with Gasteiger partial charge in [-0.3, -0.25) is 28.2 Å². The summed E-state index contributed by atoms with van der Waals surface area (Å²) in [6, 6.07) is 0.930. The first-order chi connectivity index (χ1) is 18.0. The lowest BCUT2D eigenvalue weighted by molar-refractivity contribution is -0.270. The third kappa shape index (κ3) is 8.13. The molecule has 1 aromatic heterocycles. The number of phosphoric ester groups is 2. The predicted octanol–water partition coefficient (Wildman–Crippen LogP) is -3.51. The number of ether oxygens (including phenoxy) is 2. The summed E-state index contributed by atoms with van der Waals surface area (Å²) in [5.74, 6) is -0.250. The largest absolute Gasteiger partial charge is 0.483 e. The zero-order valence-corrected chi connectivity index (χ0v) is 22.3. The molecule has 22 heteroatoms. The van der Waals surface area contributed by atoms with Crippen LogP contribution in [-0.2, 0) is 36.8 Å². The average Bonchev–Trinajstić information content (AvgIpc) is 3.10. The Hall–Kier alpha value is -1.32. The Labute approximate surface area is 222 Å². The number of nitrogens with one attached hydrogen (secondary N) is 1. The minimum absolute atomic E-state index is 0.250. The number of hydrogen-bond acceptors (Lipinski definition) is 16. The lowest BCUT2D eigenvalue weighted by Crippen LogP contribution is -2.58. The van der Waals surface area contributed by atoms with Crippen molar-refractivity contribution in [2.75, 3.05) is 12.4 Å². The number of aliphatic hydroxyl groups is 5. The number of carbonyl (C=O) groups is 1. The van der Waals surface area contributed by atoms with Gasteiger partial charge >= 0.3 is 21.3 Å². The second kappa shape index (κ2) is 12.7. The zero-order valence-electron chi connectivity index (χ0n) is 19.7. The molecule has 8 N–H and O–H groups in total. The monoisotopic (exact) mass is 624 g/mol. The van der Waals surface area contributed by atoms with E-state index in [2.05, 4.69) is 13.4 Å². The number of carbonyl (C=O) groups excluding carboxylic acids is 1. The number of aromatic amines is 1. The first kappa shape index (κ1) is 32.2. The minimum Gasteiger partial charge on any atom is -0.388 e. The molecule has 0 amide bonds. The number of aliphatic hydroxyl groups excluding tert-OH is 5. The molecular formula is C17H26N2O17P2S. The molecule has 1 aromatic rings. The van der Waals surface area contributed by atoms with Crippen LogP contribution in [0, 0.1) is 0 Å². The van der Waals surface area contributed by atoms with E-state index in [1.165, 1.54) is 6.92 Å². The number of aromatic nitrogens is 2. The van der Waals surface area contributed by atoms with Crippen LogP contribution in [0.25, 0.3) is 0 Å². The van der Waals surface area contributed by atoms with E-state index < -0.39 is 88.7 Å². The van der Waals surface area contributed by atoms with Crippen LogP contribution in [0.15, 0.2) is 21.9 Å². The van der Waals surface area contributed by atoms with Crippen molar-refractivity contribution >= 4 is 32.5 Å². The van der Waals surface area contributed by atoms with E-state index in [0.717, 1.165) is 16.8 Å². The van der Waals surface area contributed by atoms with Crippen molar-refractivity contribution in [1.29, 1.82) is 0 Å². The fraction of sp³-hybridized carbons (Fsp3) is 0.706. The third-order valence-corrected chi connectivity index (χ3v) is 8.93. The Kier molecular flexibility index (Phi) is 10.5. The van der Waals surface area contributed by atoms with E-state index in [1.807, 2.05) is 4.98 Å². The van der Waals surface area contributed by atoms with Crippen molar-refractivity contribution in [3.05, 3.63) is 33.1 Å². The average molecular weight is 624 g/mol. The van der Waals surface area contributed by atoms with Gasteiger partial charge in [0.2, 0.25) is 0 Å². The predicted molar refractivity (Wildman–Crippen MR) is 125 cm³/mol. The quantitative estimate of drug-likeness (QED) is 0.117. The second-order valence-electron chi connectivity index (χ2n) is 8.30. The number of rotatable bonds is 10. The maximum Gasteiger partial charge on any atom is 0.483 e. The van der Waals surface area contributed by atoms with E-state index >= 15 is 0 Å². The smallest absolute Gasteiger partial charge is 0.388 e. The highest BCUT2D eigenvalue weighted by atomic mass is 32.2. The molecule has 0 aromatic carbocycles. The summed E-state index contributed by atoms with van der Waals surface area (Å²) in [6.45, 7) is 0.173. The molecule has 2 aliphatic rings. The van der Waals surface area contributed by atoms with Crippen LogP contribution in [-0.4, -0.2) is 111 Å². The SMILES string of the molecule is CC(=O)SC[C@H]1OC(OP(=O)(O)OP(=O)(O)OC[C@H]2O[C@@H](n3ccc(=O)[nH]c3=O)C(O)[C@H]2O)[C@H](O)[C@@H](O)[C@H]1O. The standard InChI is InChI=1S/C17H26N2O17P2S/c1-6(20)39-5-8-11(23)12(24)14(26)16(34-8)35-38(30,31)36-37(28,29)32-4-7-10(22)13(25)15(33-7)19-3-2-9(21)18-17(19)27/h2-3,7-8,10-16,22-26H,4-5H2,1H3,(H,28,29)(H,30,31)(H,18,21,27)/t7-,8-,10+,11+,12+,13?,14-,15-,16?/m1/s1. The van der Waals surface area contributed by atoms with Crippen molar-refractivity contribution in [1.82, 2.24) is 9.55 Å². The molecule has 2 aliphatic heterocycles. The number of hydrogen-bond donors (Lipinski definition) is 8. The van der Waals surface area contributed by atoms with Gasteiger partial charge in [0.25, 0.3) is 5.56 Å². The summed E-state index contributed by atoms with van der Waals surface area (Å²) in [4.78, 5) is 56.0. The molecule has 3 heterocycles. The van der Waals surface area contributed by atoms with Crippen molar-refractivity contribution in [2.24, 2.45) is 0 Å². The lowest BCUT2D eigenvalue weighted by atomic mass is 10.0. The molecule has 2 saturated heterocycles. The fourth-order valence-electron chi connectivity index (χ4n) is 3.54. The molecule has 0 spiro atoms. The molecular weight excluding hydrogens is 598 g/mol. The van der Waals surface area contributed by atoms with Gasteiger partial charge in [-0.2, -0.15) is 4.31 Å². The van der Waals surface area contributed by atoms with Gasteiger partial charge in [0.1, 0.15) is 36.6 Å². The van der Waals surface area contributed by atoms with Crippen LogP contribution in [0.4, 0.5) is 0 Å². The van der Waals surface area contributed by atoms with Crippen molar-refractivity contribution in [2.45, 2.75) is 62.2 Å². The molecule has 222 valence electrons. The molecule has 0 saturated carbocycles. The van der Waals surface area contributed by atoms with Crippen molar-refractivity contribution in [3.63, 3.8) is 0 Å². The van der Waals surface area contributed by atoms with Gasteiger partial charge in [-0.1, -0.05) is 11.8 Å². The Morgan fingerprint density at radius 2 is 1.64 bits per heavy atom. The Morgan fingerprint density at radius 3 is 2.26 bits per heavy atom. The van der Waals surface area contributed by atoms with Gasteiger partial charge in [0, 0.05) is 24.9 Å². The Morgan fingerprint density at radius 1 is 1.00 bits per heavy atom. The second-order valence-corrected chi connectivity index (χ2v) is 12.5. The van der Waals surface area contributed by atoms with Crippen LogP contribution >= 0.6 is 27.4 Å². The van der Waals surface area contributed by atoms with Crippen molar-refractivity contribution < 1.29 is 72.1 Å². The molecule has 0 aliphatic carbocycles. The highest BCUT2D eigenvalue weighted by Gasteiger charge is 2.49. The van der Waals surface area contributed by atoms with Gasteiger partial charge in [-0.15, -0.1) is 0 Å². The van der Waals surface area contributed by atoms with E-state index in [4.69, 9.17) is 9.47 Å². The van der Waals surface area contributed by atoms with Crippen LogP contribution in [0.1, 0.15) is 13.2 Å². The Bertz CT molecular complexity index is 1240. The highest BCUT2D eigenvalue weighted by molar-refractivity contribution is 8.13. The van der Waals surface area contributed by atoms with E-state index in [1.54, 1.807) is 0 Å². The number of thioether (sulfide) groups is 1. The maximum atomic E-state index is 12.3. The van der Waals surface area contributed by atoms with Gasteiger partial charge in [-0.05, 0) is 0 Å². The number of nitrogens with zero attached hydrogens (tertiary/aromatic N) is 1. The molecule has 19 nitrogen and oxygen atoms in total. The zero-order chi connectivity index (χ0) is 29.3. The van der Waals surface area contributed by atoms with Crippen LogP contribution in [0.2, 0.25) is 0 Å². The normalized spacial score (nSPS) is 36.3. The van der Waals surface area contributed by atoms with Gasteiger partial charge in [-0.25, -0.2) is 13.9 Å². The summed E-state index contributed by atoms with van der Waals surface area (Å²) in [5, 5.41) is 49.9. The molecule has 4 unspecified atom stereocenters. The van der Waals surface area contributed by atoms with Gasteiger partial charge < -0.3 is 44.8 Å². The maximum absolute atomic E-state index is 12.3. The van der Waals surface area contributed by atoms with E-state index in [-0.39, 0.29) is 10.9 Å². The van der Waals surface area contributed by atoms with Gasteiger partial charge in [0.15, 0.2) is 17.6 Å². The molecule has 0 bridgehead atoms. The van der Waals surface area contributed by atoms with E-state index in [0.29, 0.717) is 11.8 Å². The van der Waals surface area contributed by atoms with Crippen LogP contribution in [0.3, 0.4) is 0 Å². The molecule has 11 atom stereocenters. The molecule has 0 radical (unpaired) electrons. The molecule has 3 rings (SSSR count). The minimum atomic E-state index is -5.61. The number of H-pyrrole nitrogens is 1.